The van der Waals surface area contributed by atoms with Crippen LogP contribution in [0.2, 0.25) is 0 Å². The van der Waals surface area contributed by atoms with Crippen LogP contribution in [0.3, 0.4) is 0 Å². The molecule has 4 rings (SSSR count). The summed E-state index contributed by atoms with van der Waals surface area (Å²) in [5.74, 6) is 1.20. The molecule has 4 aromatic rings. The lowest BCUT2D eigenvalue weighted by molar-refractivity contribution is -0.116. The van der Waals surface area contributed by atoms with Crippen molar-refractivity contribution in [1.29, 1.82) is 0 Å². The molecule has 0 radical (unpaired) electrons. The lowest BCUT2D eigenvalue weighted by Crippen LogP contribution is -2.14. The van der Waals surface area contributed by atoms with Crippen molar-refractivity contribution in [3.8, 4) is 0 Å². The number of aryl methyl sites for hydroxylation is 3. The maximum atomic E-state index is 12.4. The van der Waals surface area contributed by atoms with Gasteiger partial charge in [-0.3, -0.25) is 4.79 Å². The Morgan fingerprint density at radius 3 is 2.93 bits per heavy atom. The summed E-state index contributed by atoms with van der Waals surface area (Å²) >= 11 is 0. The van der Waals surface area contributed by atoms with Gasteiger partial charge in [-0.1, -0.05) is 6.92 Å². The molecule has 0 bridgehead atoms. The molecule has 0 spiro atoms. The zero-order valence-corrected chi connectivity index (χ0v) is 15.5. The Kier molecular flexibility index (Phi) is 4.31. The minimum atomic E-state index is -0.0638. The van der Waals surface area contributed by atoms with Crippen LogP contribution < -0.4 is 5.32 Å². The van der Waals surface area contributed by atoms with Crippen LogP contribution in [0.1, 0.15) is 36.2 Å². The molecule has 138 valence electrons. The maximum Gasteiger partial charge on any atom is 0.252 e. The molecule has 1 aromatic carbocycles. The number of fused-ring (bicyclic) bond motifs is 2. The highest BCUT2D eigenvalue weighted by Crippen LogP contribution is 2.21. The molecule has 1 N–H and O–H groups in total. The third-order valence-electron chi connectivity index (χ3n) is 4.61. The first-order chi connectivity index (χ1) is 13.0. The quantitative estimate of drug-likeness (QED) is 0.584. The number of hydrogen-bond acceptors (Lipinski definition) is 6. The molecular formula is C19H20N6O2. The number of nitrogens with one attached hydrogen (secondary N) is 1. The fourth-order valence-electron chi connectivity index (χ4n) is 3.18. The van der Waals surface area contributed by atoms with Crippen molar-refractivity contribution in [2.45, 2.75) is 40.0 Å². The molecule has 8 nitrogen and oxygen atoms in total. The summed E-state index contributed by atoms with van der Waals surface area (Å²) in [6.45, 7) is 5.88. The molecule has 0 saturated heterocycles. The van der Waals surface area contributed by atoms with Crippen LogP contribution in [0.4, 0.5) is 5.69 Å². The second-order valence-corrected chi connectivity index (χ2v) is 6.42. The first-order valence-electron chi connectivity index (χ1n) is 8.90. The van der Waals surface area contributed by atoms with Gasteiger partial charge in [-0.05, 0) is 44.0 Å². The van der Waals surface area contributed by atoms with Crippen molar-refractivity contribution in [2.75, 3.05) is 5.32 Å². The summed E-state index contributed by atoms with van der Waals surface area (Å²) in [7, 11) is 0. The lowest BCUT2D eigenvalue weighted by Gasteiger charge is -2.10. The van der Waals surface area contributed by atoms with Gasteiger partial charge >= 0.3 is 0 Å². The molecule has 0 unspecified atom stereocenters. The molecule has 3 aromatic heterocycles. The number of rotatable bonds is 5. The third kappa shape index (κ3) is 3.25. The highest BCUT2D eigenvalue weighted by molar-refractivity contribution is 5.92. The van der Waals surface area contributed by atoms with E-state index in [0.717, 1.165) is 34.5 Å². The second kappa shape index (κ2) is 6.79. The van der Waals surface area contributed by atoms with E-state index in [1.54, 1.807) is 4.52 Å². The van der Waals surface area contributed by atoms with Gasteiger partial charge < -0.3 is 9.73 Å². The standard InChI is InChI=1S/C19H20N6O2/c1-4-18-24-15-9-13(5-7-16(15)27-18)23-17(26)8-6-14-11(2)22-19-20-10-21-25(19)12(14)3/h5,7,9-10H,4,6,8H2,1-3H3,(H,23,26). The van der Waals surface area contributed by atoms with Crippen LogP contribution in [0, 0.1) is 13.8 Å². The molecule has 0 aliphatic heterocycles. The molecule has 0 aliphatic rings. The van der Waals surface area contributed by atoms with Crippen LogP contribution in [0.15, 0.2) is 28.9 Å². The van der Waals surface area contributed by atoms with Crippen molar-refractivity contribution >= 4 is 28.5 Å². The molecule has 27 heavy (non-hydrogen) atoms. The molecular weight excluding hydrogens is 344 g/mol. The summed E-state index contributed by atoms with van der Waals surface area (Å²) in [6.07, 6.45) is 3.15. The van der Waals surface area contributed by atoms with Gasteiger partial charge in [-0.25, -0.2) is 14.5 Å². The third-order valence-corrected chi connectivity index (χ3v) is 4.61. The molecule has 3 heterocycles. The maximum absolute atomic E-state index is 12.4. The van der Waals surface area contributed by atoms with E-state index in [1.807, 2.05) is 39.0 Å². The Morgan fingerprint density at radius 1 is 1.26 bits per heavy atom. The Morgan fingerprint density at radius 2 is 2.11 bits per heavy atom. The SMILES string of the molecule is CCc1nc2cc(NC(=O)CCc3c(C)nc4ncnn4c3C)ccc2o1. The molecule has 0 saturated carbocycles. The summed E-state index contributed by atoms with van der Waals surface area (Å²) in [5.41, 5.74) is 5.03. The second-order valence-electron chi connectivity index (χ2n) is 6.42. The Hall–Kier alpha value is -3.29. The summed E-state index contributed by atoms with van der Waals surface area (Å²) < 4.78 is 7.29. The smallest absolute Gasteiger partial charge is 0.252 e. The molecule has 8 heteroatoms. The summed E-state index contributed by atoms with van der Waals surface area (Å²) in [5, 5.41) is 7.11. The van der Waals surface area contributed by atoms with Crippen molar-refractivity contribution in [3.63, 3.8) is 0 Å². The van der Waals surface area contributed by atoms with Gasteiger partial charge in [0.05, 0.1) is 0 Å². The van der Waals surface area contributed by atoms with E-state index in [1.165, 1.54) is 6.33 Å². The van der Waals surface area contributed by atoms with Gasteiger partial charge in [0, 0.05) is 29.9 Å². The Labute approximate surface area is 155 Å². The first-order valence-corrected chi connectivity index (χ1v) is 8.90. The van der Waals surface area contributed by atoms with Crippen LogP contribution in [-0.2, 0) is 17.6 Å². The molecule has 0 fully saturated rings. The van der Waals surface area contributed by atoms with Crippen molar-refractivity contribution in [2.24, 2.45) is 0 Å². The largest absolute Gasteiger partial charge is 0.441 e. The fourth-order valence-corrected chi connectivity index (χ4v) is 3.18. The highest BCUT2D eigenvalue weighted by Gasteiger charge is 2.13. The van der Waals surface area contributed by atoms with Crippen molar-refractivity contribution in [3.05, 3.63) is 47.4 Å². The molecule has 1 amide bonds. The van der Waals surface area contributed by atoms with Crippen LogP contribution in [0.25, 0.3) is 16.9 Å². The number of benzene rings is 1. The number of aromatic nitrogens is 5. The van der Waals surface area contributed by atoms with Gasteiger partial charge in [-0.2, -0.15) is 10.1 Å². The van der Waals surface area contributed by atoms with Gasteiger partial charge in [0.25, 0.3) is 5.78 Å². The Bertz CT molecular complexity index is 1140. The normalized spacial score (nSPS) is 11.4. The minimum Gasteiger partial charge on any atom is -0.441 e. The highest BCUT2D eigenvalue weighted by atomic mass is 16.3. The van der Waals surface area contributed by atoms with Crippen molar-refractivity contribution < 1.29 is 9.21 Å². The van der Waals surface area contributed by atoms with Gasteiger partial charge in [0.15, 0.2) is 11.5 Å². The van der Waals surface area contributed by atoms with Gasteiger partial charge in [-0.15, -0.1) is 0 Å². The first kappa shape index (κ1) is 17.1. The van der Waals surface area contributed by atoms with Crippen molar-refractivity contribution in [1.82, 2.24) is 24.6 Å². The lowest BCUT2D eigenvalue weighted by atomic mass is 10.1. The average molecular weight is 364 g/mol. The van der Waals surface area contributed by atoms with E-state index in [2.05, 4.69) is 25.4 Å². The van der Waals surface area contributed by atoms with Gasteiger partial charge in [0.2, 0.25) is 5.91 Å². The topological polar surface area (TPSA) is 98.2 Å². The fraction of sp³-hybridized carbons (Fsp3) is 0.316. The van der Waals surface area contributed by atoms with E-state index >= 15 is 0 Å². The van der Waals surface area contributed by atoms with Crippen LogP contribution in [0.5, 0.6) is 0 Å². The molecule has 0 aliphatic carbocycles. The predicted molar refractivity (Wildman–Crippen MR) is 101 cm³/mol. The van der Waals surface area contributed by atoms with E-state index < -0.39 is 0 Å². The Balaban J connectivity index is 1.47. The number of amides is 1. The number of carbonyl (C=O) groups is 1. The summed E-state index contributed by atoms with van der Waals surface area (Å²) in [4.78, 5) is 25.4. The zero-order valence-electron chi connectivity index (χ0n) is 15.5. The van der Waals surface area contributed by atoms with E-state index in [0.29, 0.717) is 30.2 Å². The minimum absolute atomic E-state index is 0.0638. The van der Waals surface area contributed by atoms with E-state index in [4.69, 9.17) is 4.42 Å². The number of carbonyl (C=O) groups excluding carboxylic acids is 1. The number of anilines is 1. The molecule has 0 atom stereocenters. The number of oxazole rings is 1. The predicted octanol–water partition coefficient (Wildman–Crippen LogP) is 3.02. The monoisotopic (exact) mass is 364 g/mol. The number of nitrogens with zero attached hydrogens (tertiary/aromatic N) is 5. The van der Waals surface area contributed by atoms with E-state index in [-0.39, 0.29) is 5.91 Å². The van der Waals surface area contributed by atoms with Crippen LogP contribution >= 0.6 is 0 Å². The van der Waals surface area contributed by atoms with E-state index in [9.17, 15) is 4.79 Å². The zero-order chi connectivity index (χ0) is 19.0. The summed E-state index contributed by atoms with van der Waals surface area (Å²) in [6, 6.07) is 5.48. The van der Waals surface area contributed by atoms with Crippen LogP contribution in [-0.4, -0.2) is 30.5 Å². The number of hydrogen-bond donors (Lipinski definition) is 1. The van der Waals surface area contributed by atoms with Gasteiger partial charge in [0.1, 0.15) is 11.8 Å². The average Bonchev–Trinajstić information content (AvgIpc) is 3.27.